The number of fused-ring (bicyclic) bond motifs is 2. The van der Waals surface area contributed by atoms with Crippen LogP contribution in [0.3, 0.4) is 0 Å². The molecule has 1 aliphatic carbocycles. The fourth-order valence-electron chi connectivity index (χ4n) is 4.64. The van der Waals surface area contributed by atoms with Crippen molar-refractivity contribution in [1.29, 1.82) is 0 Å². The van der Waals surface area contributed by atoms with Gasteiger partial charge in [0, 0.05) is 11.9 Å². The second kappa shape index (κ2) is 8.51. The van der Waals surface area contributed by atoms with Crippen LogP contribution in [-0.2, 0) is 17.6 Å². The number of nitrogens with one attached hydrogen (secondary N) is 2. The number of pyridine rings is 1. The molecule has 0 bridgehead atoms. The summed E-state index contributed by atoms with van der Waals surface area (Å²) in [7, 11) is 0. The summed E-state index contributed by atoms with van der Waals surface area (Å²) in [5.41, 5.74) is 5.30. The van der Waals surface area contributed by atoms with Gasteiger partial charge in [-0.05, 0) is 68.8 Å². The number of anilines is 2. The van der Waals surface area contributed by atoms with Crippen LogP contribution < -0.4 is 20.3 Å². The Morgan fingerprint density at radius 1 is 1.25 bits per heavy atom. The van der Waals surface area contributed by atoms with Crippen molar-refractivity contribution >= 4 is 17.7 Å². The molecule has 1 saturated heterocycles. The number of carbonyl (C=O) groups excluding carboxylic acids is 1. The van der Waals surface area contributed by atoms with Crippen LogP contribution in [-0.4, -0.2) is 64.7 Å². The number of amides is 1. The molecular formula is C22H28N6O4. The molecule has 32 heavy (non-hydrogen) atoms. The Labute approximate surface area is 186 Å². The number of ether oxygens (including phenoxy) is 2. The van der Waals surface area contributed by atoms with Gasteiger partial charge in [0.05, 0.1) is 12.7 Å². The number of aliphatic hydroxyl groups excluding tert-OH is 1. The quantitative estimate of drug-likeness (QED) is 0.571. The van der Waals surface area contributed by atoms with Crippen molar-refractivity contribution in [3.8, 4) is 5.88 Å². The molecule has 2 aromatic rings. The lowest BCUT2D eigenvalue weighted by atomic mass is 10.1. The van der Waals surface area contributed by atoms with E-state index in [9.17, 15) is 9.90 Å². The van der Waals surface area contributed by atoms with Crippen molar-refractivity contribution < 1.29 is 19.4 Å². The van der Waals surface area contributed by atoms with Gasteiger partial charge in [0.1, 0.15) is 12.7 Å². The molecular weight excluding hydrogens is 412 g/mol. The molecule has 0 aromatic carbocycles. The monoisotopic (exact) mass is 440 g/mol. The van der Waals surface area contributed by atoms with Gasteiger partial charge in [-0.3, -0.25) is 9.88 Å². The molecule has 3 atom stereocenters. The number of cyclic esters (lactones) is 1. The van der Waals surface area contributed by atoms with Gasteiger partial charge in [-0.15, -0.1) is 0 Å². The van der Waals surface area contributed by atoms with Crippen LogP contribution in [0.25, 0.3) is 0 Å². The van der Waals surface area contributed by atoms with E-state index in [-0.39, 0.29) is 12.7 Å². The van der Waals surface area contributed by atoms with Gasteiger partial charge in [0.15, 0.2) is 17.9 Å². The molecule has 5 rings (SSSR count). The van der Waals surface area contributed by atoms with Crippen LogP contribution in [0, 0.1) is 19.8 Å². The summed E-state index contributed by atoms with van der Waals surface area (Å²) in [6, 6.07) is 0. The molecule has 1 fully saturated rings. The fraction of sp³-hybridized carbons (Fsp3) is 0.545. The van der Waals surface area contributed by atoms with Gasteiger partial charge >= 0.3 is 6.09 Å². The normalized spacial score (nSPS) is 23.9. The van der Waals surface area contributed by atoms with Gasteiger partial charge in [-0.2, -0.15) is 0 Å². The first-order chi connectivity index (χ1) is 15.5. The number of carbonyl (C=O) groups is 1. The summed E-state index contributed by atoms with van der Waals surface area (Å²) in [4.78, 5) is 26.9. The summed E-state index contributed by atoms with van der Waals surface area (Å²) < 4.78 is 10.8. The molecule has 0 spiro atoms. The second-order valence-electron chi connectivity index (χ2n) is 8.72. The molecule has 0 saturated carbocycles. The second-order valence-corrected chi connectivity index (χ2v) is 8.72. The maximum atomic E-state index is 12.4. The van der Waals surface area contributed by atoms with Crippen LogP contribution >= 0.6 is 0 Å². The molecule has 3 aliphatic rings. The molecule has 170 valence electrons. The fourth-order valence-corrected chi connectivity index (χ4v) is 4.64. The zero-order valence-electron chi connectivity index (χ0n) is 18.3. The summed E-state index contributed by atoms with van der Waals surface area (Å²) in [5.74, 6) is 1.57. The molecule has 10 nitrogen and oxygen atoms in total. The maximum absolute atomic E-state index is 12.4. The van der Waals surface area contributed by atoms with Crippen molar-refractivity contribution in [2.45, 2.75) is 45.4 Å². The maximum Gasteiger partial charge on any atom is 0.415 e. The summed E-state index contributed by atoms with van der Waals surface area (Å²) in [6.07, 6.45) is 4.83. The number of aromatic nitrogens is 3. The minimum atomic E-state index is -0.854. The van der Waals surface area contributed by atoms with Crippen molar-refractivity contribution in [2.75, 3.05) is 36.5 Å². The first kappa shape index (κ1) is 20.9. The highest BCUT2D eigenvalue weighted by Gasteiger charge is 2.34. The smallest absolute Gasteiger partial charge is 0.415 e. The van der Waals surface area contributed by atoms with Crippen molar-refractivity contribution in [2.24, 2.45) is 5.92 Å². The molecule has 2 aromatic heterocycles. The zero-order valence-corrected chi connectivity index (χ0v) is 18.3. The molecule has 0 radical (unpaired) electrons. The Morgan fingerprint density at radius 3 is 2.94 bits per heavy atom. The summed E-state index contributed by atoms with van der Waals surface area (Å²) in [5, 5.41) is 16.0. The summed E-state index contributed by atoms with van der Waals surface area (Å²) >= 11 is 0. The first-order valence-electron chi connectivity index (χ1n) is 11.0. The van der Waals surface area contributed by atoms with Crippen LogP contribution in [0.1, 0.15) is 28.8 Å². The topological polar surface area (TPSA) is 122 Å². The number of rotatable bonds is 6. The number of aryl methyl sites for hydroxylation is 2. The third kappa shape index (κ3) is 4.07. The lowest BCUT2D eigenvalue weighted by molar-refractivity contribution is 0.115. The summed E-state index contributed by atoms with van der Waals surface area (Å²) in [6.45, 7) is 6.45. The predicted molar refractivity (Wildman–Crippen MR) is 117 cm³/mol. The van der Waals surface area contributed by atoms with E-state index in [4.69, 9.17) is 9.47 Å². The largest absolute Gasteiger partial charge is 0.470 e. The van der Waals surface area contributed by atoms with E-state index in [1.54, 1.807) is 0 Å². The molecule has 1 amide bonds. The average molecular weight is 441 g/mol. The highest BCUT2D eigenvalue weighted by molar-refractivity contribution is 5.88. The third-order valence-electron chi connectivity index (χ3n) is 6.35. The molecule has 10 heteroatoms. The molecule has 3 unspecified atom stereocenters. The van der Waals surface area contributed by atoms with E-state index in [2.05, 4.69) is 39.4 Å². The Kier molecular flexibility index (Phi) is 5.56. The van der Waals surface area contributed by atoms with E-state index < -0.39 is 12.3 Å². The van der Waals surface area contributed by atoms with Crippen molar-refractivity contribution in [3.63, 3.8) is 0 Å². The van der Waals surface area contributed by atoms with Crippen LogP contribution in [0.5, 0.6) is 5.88 Å². The van der Waals surface area contributed by atoms with Gasteiger partial charge < -0.3 is 25.2 Å². The van der Waals surface area contributed by atoms with E-state index in [1.807, 2.05) is 6.20 Å². The van der Waals surface area contributed by atoms with E-state index in [1.165, 1.54) is 27.8 Å². The van der Waals surface area contributed by atoms with Gasteiger partial charge in [0.25, 0.3) is 5.88 Å². The van der Waals surface area contributed by atoms with Crippen LogP contribution in [0.2, 0.25) is 0 Å². The lowest BCUT2D eigenvalue weighted by Crippen LogP contribution is -2.33. The zero-order chi connectivity index (χ0) is 22.2. The van der Waals surface area contributed by atoms with Crippen LogP contribution in [0.15, 0.2) is 12.4 Å². The van der Waals surface area contributed by atoms with Gasteiger partial charge in [0.2, 0.25) is 0 Å². The molecule has 3 N–H and O–H groups in total. The minimum Gasteiger partial charge on any atom is -0.470 e. The number of hydrogen-bond donors (Lipinski definition) is 3. The third-order valence-corrected chi connectivity index (χ3v) is 6.35. The molecule has 4 heterocycles. The lowest BCUT2D eigenvalue weighted by Gasteiger charge is -2.23. The van der Waals surface area contributed by atoms with E-state index in [0.717, 1.165) is 38.0 Å². The Morgan fingerprint density at radius 2 is 2.09 bits per heavy atom. The van der Waals surface area contributed by atoms with E-state index in [0.29, 0.717) is 30.0 Å². The standard InChI is InChI=1S/C22H28N6O4/c1-12-7-24-13(2)17-6-14(5-16(12)17)8-23-4-3-15-10-28(22(30)32-15)18-9-25-21-20(26-18)27-19(29)11-31-21/h7,9,14-15,19,23,29H,3-6,8,10-11H2,1-2H3,(H,26,27). The number of aliphatic hydroxyl groups is 1. The van der Waals surface area contributed by atoms with E-state index >= 15 is 0 Å². The highest BCUT2D eigenvalue weighted by atomic mass is 16.6. The highest BCUT2D eigenvalue weighted by Crippen LogP contribution is 2.31. The van der Waals surface area contributed by atoms with Gasteiger partial charge in [-0.25, -0.2) is 14.8 Å². The SMILES string of the molecule is Cc1cnc(C)c2c1CC(CNCCC1CN(c3cnc4c(n3)NC(O)CO4)C(=O)O1)C2. The van der Waals surface area contributed by atoms with Crippen LogP contribution in [0.4, 0.5) is 16.4 Å². The minimum absolute atomic E-state index is 0.102. The number of hydrogen-bond acceptors (Lipinski definition) is 9. The molecule has 2 aliphatic heterocycles. The Bertz CT molecular complexity index is 1000. The predicted octanol–water partition coefficient (Wildman–Crippen LogP) is 1.33. The van der Waals surface area contributed by atoms with Gasteiger partial charge in [-0.1, -0.05) is 0 Å². The number of nitrogens with zero attached hydrogens (tertiary/aromatic N) is 4. The first-order valence-corrected chi connectivity index (χ1v) is 11.0. The van der Waals surface area contributed by atoms with Crippen molar-refractivity contribution in [1.82, 2.24) is 20.3 Å². The average Bonchev–Trinajstić information content (AvgIpc) is 3.38. The Hall–Kier alpha value is -2.98. The van der Waals surface area contributed by atoms with Crippen molar-refractivity contribution in [3.05, 3.63) is 34.8 Å². The Balaban J connectivity index is 1.10.